The van der Waals surface area contributed by atoms with Crippen molar-refractivity contribution in [1.82, 2.24) is 10.2 Å². The summed E-state index contributed by atoms with van der Waals surface area (Å²) in [4.78, 5) is 12.8. The molecule has 0 spiro atoms. The minimum Gasteiger partial charge on any atom is -0.481 e. The van der Waals surface area contributed by atoms with Crippen LogP contribution in [-0.4, -0.2) is 34.4 Å². The number of hydrogen-bond acceptors (Lipinski definition) is 5. The van der Waals surface area contributed by atoms with Gasteiger partial charge in [-0.1, -0.05) is 25.2 Å². The fourth-order valence-electron chi connectivity index (χ4n) is 1.72. The second-order valence-corrected chi connectivity index (χ2v) is 5.33. The number of carboxylic acids is 1. The van der Waals surface area contributed by atoms with Crippen molar-refractivity contribution in [3.63, 3.8) is 0 Å². The van der Waals surface area contributed by atoms with Gasteiger partial charge >= 0.3 is 5.97 Å². The van der Waals surface area contributed by atoms with Crippen molar-refractivity contribution in [3.8, 4) is 0 Å². The lowest BCUT2D eigenvalue weighted by atomic mass is 10.1. The Morgan fingerprint density at radius 2 is 2.31 bits per heavy atom. The van der Waals surface area contributed by atoms with Gasteiger partial charge in [0.1, 0.15) is 5.01 Å². The van der Waals surface area contributed by atoms with Crippen LogP contribution in [0.2, 0.25) is 0 Å². The Bertz CT molecular complexity index is 391. The lowest BCUT2D eigenvalue weighted by Crippen LogP contribution is -2.22. The van der Waals surface area contributed by atoms with Crippen molar-refractivity contribution >= 4 is 22.4 Å². The first kappa shape index (κ1) is 11.3. The summed E-state index contributed by atoms with van der Waals surface area (Å²) in [7, 11) is 0. The van der Waals surface area contributed by atoms with E-state index in [-0.39, 0.29) is 5.92 Å². The van der Waals surface area contributed by atoms with Gasteiger partial charge in [0.15, 0.2) is 0 Å². The Morgan fingerprint density at radius 3 is 2.81 bits per heavy atom. The van der Waals surface area contributed by atoms with Crippen LogP contribution in [0.3, 0.4) is 0 Å². The minimum atomic E-state index is -0.712. The topological polar surface area (TPSA) is 66.3 Å². The quantitative estimate of drug-likeness (QED) is 0.870. The summed E-state index contributed by atoms with van der Waals surface area (Å²) in [5.74, 6) is -0.591. The van der Waals surface area contributed by atoms with Crippen LogP contribution in [0.4, 0.5) is 5.13 Å². The maximum Gasteiger partial charge on any atom is 0.308 e. The van der Waals surface area contributed by atoms with Crippen LogP contribution in [0, 0.1) is 5.92 Å². The van der Waals surface area contributed by atoms with Crippen LogP contribution < -0.4 is 4.90 Å². The van der Waals surface area contributed by atoms with Crippen molar-refractivity contribution in [2.45, 2.75) is 26.2 Å². The van der Waals surface area contributed by atoms with Gasteiger partial charge in [0, 0.05) is 19.0 Å². The molecule has 5 nitrogen and oxygen atoms in total. The molecule has 2 heterocycles. The van der Waals surface area contributed by atoms with Gasteiger partial charge in [0.25, 0.3) is 0 Å². The molecule has 0 aromatic carbocycles. The van der Waals surface area contributed by atoms with Crippen LogP contribution in [0.15, 0.2) is 0 Å². The first-order valence-electron chi connectivity index (χ1n) is 5.39. The summed E-state index contributed by atoms with van der Waals surface area (Å²) < 4.78 is 0. The molecule has 88 valence electrons. The first-order valence-corrected chi connectivity index (χ1v) is 6.20. The van der Waals surface area contributed by atoms with Crippen molar-refractivity contribution in [2.24, 2.45) is 5.92 Å². The van der Waals surface area contributed by atoms with E-state index >= 15 is 0 Å². The largest absolute Gasteiger partial charge is 0.481 e. The summed E-state index contributed by atoms with van der Waals surface area (Å²) in [5.41, 5.74) is 0. The zero-order valence-corrected chi connectivity index (χ0v) is 10.2. The summed E-state index contributed by atoms with van der Waals surface area (Å²) in [6.45, 7) is 5.48. The van der Waals surface area contributed by atoms with Crippen LogP contribution in [0.5, 0.6) is 0 Å². The highest BCUT2D eigenvalue weighted by Crippen LogP contribution is 2.29. The Kier molecular flexibility index (Phi) is 3.09. The summed E-state index contributed by atoms with van der Waals surface area (Å²) in [6.07, 6.45) is 0.700. The van der Waals surface area contributed by atoms with Gasteiger partial charge in [-0.05, 0) is 6.42 Å². The van der Waals surface area contributed by atoms with E-state index < -0.39 is 5.97 Å². The molecule has 1 unspecified atom stereocenters. The standard InChI is InChI=1S/C10H15N3O2S/c1-6(2)8-11-12-10(16-8)13-4-3-7(5-13)9(14)15/h6-7H,3-5H2,1-2H3,(H,14,15). The summed E-state index contributed by atoms with van der Waals surface area (Å²) >= 11 is 1.56. The smallest absolute Gasteiger partial charge is 0.308 e. The van der Waals surface area contributed by atoms with E-state index in [9.17, 15) is 4.79 Å². The number of carbonyl (C=O) groups is 1. The Morgan fingerprint density at radius 1 is 1.56 bits per heavy atom. The number of hydrogen-bond donors (Lipinski definition) is 1. The van der Waals surface area contributed by atoms with Crippen molar-refractivity contribution in [1.29, 1.82) is 0 Å². The van der Waals surface area contributed by atoms with Gasteiger partial charge in [-0.3, -0.25) is 4.79 Å². The molecule has 1 N–H and O–H groups in total. The fourth-order valence-corrected chi connectivity index (χ4v) is 2.60. The lowest BCUT2D eigenvalue weighted by molar-refractivity contribution is -0.140. The van der Waals surface area contributed by atoms with Gasteiger partial charge in [-0.2, -0.15) is 0 Å². The summed E-state index contributed by atoms with van der Waals surface area (Å²) in [6, 6.07) is 0. The van der Waals surface area contributed by atoms with Gasteiger partial charge in [0.05, 0.1) is 5.92 Å². The van der Waals surface area contributed by atoms with Crippen molar-refractivity contribution in [3.05, 3.63) is 5.01 Å². The van der Waals surface area contributed by atoms with E-state index in [1.807, 2.05) is 4.90 Å². The molecular weight excluding hydrogens is 226 g/mol. The van der Waals surface area contributed by atoms with Gasteiger partial charge in [-0.15, -0.1) is 10.2 Å². The molecule has 2 rings (SSSR count). The molecular formula is C10H15N3O2S. The van der Waals surface area contributed by atoms with E-state index in [1.54, 1.807) is 11.3 Å². The molecule has 0 bridgehead atoms. The molecule has 0 radical (unpaired) electrons. The van der Waals surface area contributed by atoms with Crippen LogP contribution >= 0.6 is 11.3 Å². The fraction of sp³-hybridized carbons (Fsp3) is 0.700. The highest BCUT2D eigenvalue weighted by Gasteiger charge is 2.29. The molecule has 1 aliphatic rings. The van der Waals surface area contributed by atoms with Gasteiger partial charge in [0.2, 0.25) is 5.13 Å². The third-order valence-electron chi connectivity index (χ3n) is 2.73. The van der Waals surface area contributed by atoms with E-state index in [1.165, 1.54) is 0 Å². The van der Waals surface area contributed by atoms with Crippen molar-refractivity contribution < 1.29 is 9.90 Å². The molecule has 0 aliphatic carbocycles. The molecule has 16 heavy (non-hydrogen) atoms. The first-order chi connectivity index (χ1) is 7.58. The number of rotatable bonds is 3. The van der Waals surface area contributed by atoms with E-state index in [2.05, 4.69) is 24.0 Å². The average molecular weight is 241 g/mol. The summed E-state index contributed by atoms with van der Waals surface area (Å²) in [5, 5.41) is 19.0. The molecule has 1 aromatic rings. The molecule has 1 aliphatic heterocycles. The number of anilines is 1. The molecule has 1 saturated heterocycles. The number of aliphatic carboxylic acids is 1. The molecule has 0 saturated carbocycles. The van der Waals surface area contributed by atoms with Gasteiger partial charge in [-0.25, -0.2) is 0 Å². The van der Waals surface area contributed by atoms with Crippen LogP contribution in [0.1, 0.15) is 31.2 Å². The Balaban J connectivity index is 2.06. The third kappa shape index (κ3) is 2.16. The average Bonchev–Trinajstić information content (AvgIpc) is 2.86. The number of nitrogens with zero attached hydrogens (tertiary/aromatic N) is 3. The van der Waals surface area contributed by atoms with E-state index in [0.717, 1.165) is 16.7 Å². The zero-order valence-electron chi connectivity index (χ0n) is 9.38. The van der Waals surface area contributed by atoms with Crippen molar-refractivity contribution in [2.75, 3.05) is 18.0 Å². The number of carboxylic acid groups (broad SMARTS) is 1. The molecule has 1 atom stereocenters. The second kappa shape index (κ2) is 4.37. The number of aromatic nitrogens is 2. The van der Waals surface area contributed by atoms with E-state index in [0.29, 0.717) is 18.9 Å². The van der Waals surface area contributed by atoms with E-state index in [4.69, 9.17) is 5.11 Å². The molecule has 0 amide bonds. The second-order valence-electron chi connectivity index (χ2n) is 4.35. The molecule has 1 fully saturated rings. The predicted molar refractivity (Wildman–Crippen MR) is 62.0 cm³/mol. The normalized spacial score (nSPS) is 20.7. The highest BCUT2D eigenvalue weighted by atomic mass is 32.1. The Labute approximate surface area is 98.1 Å². The minimum absolute atomic E-state index is 0.258. The maximum atomic E-state index is 10.8. The highest BCUT2D eigenvalue weighted by molar-refractivity contribution is 7.15. The zero-order chi connectivity index (χ0) is 11.7. The lowest BCUT2D eigenvalue weighted by Gasteiger charge is -2.12. The maximum absolute atomic E-state index is 10.8. The predicted octanol–water partition coefficient (Wildman–Crippen LogP) is 1.57. The van der Waals surface area contributed by atoms with Crippen LogP contribution in [-0.2, 0) is 4.79 Å². The van der Waals surface area contributed by atoms with Gasteiger partial charge < -0.3 is 10.0 Å². The third-order valence-corrected chi connectivity index (χ3v) is 4.02. The monoisotopic (exact) mass is 241 g/mol. The molecule has 1 aromatic heterocycles. The molecule has 6 heteroatoms. The van der Waals surface area contributed by atoms with Crippen LogP contribution in [0.25, 0.3) is 0 Å². The SMILES string of the molecule is CC(C)c1nnc(N2CCC(C(=O)O)C2)s1. The Hall–Kier alpha value is -1.17.